The average Bonchev–Trinajstić information content (AvgIpc) is 2.26. The SMILES string of the molecule is CCCCO/C(OC(=S)SC)=C(/C)CC. The summed E-state index contributed by atoms with van der Waals surface area (Å²) in [5.74, 6) is 0.588. The Morgan fingerprint density at radius 2 is 2.00 bits per heavy atom. The van der Waals surface area contributed by atoms with Gasteiger partial charge in [0.1, 0.15) is 0 Å². The highest BCUT2D eigenvalue weighted by molar-refractivity contribution is 8.22. The fourth-order valence-electron chi connectivity index (χ4n) is 0.811. The van der Waals surface area contributed by atoms with Crippen LogP contribution in [0.1, 0.15) is 40.0 Å². The van der Waals surface area contributed by atoms with Crippen LogP contribution in [-0.4, -0.2) is 17.2 Å². The first-order valence-corrected chi connectivity index (χ1v) is 6.87. The highest BCUT2D eigenvalue weighted by atomic mass is 32.2. The first-order valence-electron chi connectivity index (χ1n) is 5.24. The van der Waals surface area contributed by atoms with E-state index >= 15 is 0 Å². The third kappa shape index (κ3) is 6.79. The molecule has 0 N–H and O–H groups in total. The normalized spacial score (nSPS) is 12.0. The summed E-state index contributed by atoms with van der Waals surface area (Å²) in [5, 5.41) is 0. The highest BCUT2D eigenvalue weighted by Gasteiger charge is 2.07. The number of thiocarbonyl (C=S) groups is 1. The molecule has 0 radical (unpaired) electrons. The minimum Gasteiger partial charge on any atom is -0.465 e. The summed E-state index contributed by atoms with van der Waals surface area (Å²) in [4.78, 5) is 0. The Kier molecular flexibility index (Phi) is 8.91. The topological polar surface area (TPSA) is 18.5 Å². The summed E-state index contributed by atoms with van der Waals surface area (Å²) >= 11 is 6.42. The molecule has 0 aliphatic carbocycles. The zero-order chi connectivity index (χ0) is 11.7. The molecule has 0 atom stereocenters. The number of thioether (sulfide) groups is 1. The molecule has 0 saturated carbocycles. The summed E-state index contributed by atoms with van der Waals surface area (Å²) < 4.78 is 11.5. The zero-order valence-electron chi connectivity index (χ0n) is 9.96. The Morgan fingerprint density at radius 1 is 1.33 bits per heavy atom. The molecule has 0 spiro atoms. The lowest BCUT2D eigenvalue weighted by molar-refractivity contribution is 0.0977. The number of unbranched alkanes of at least 4 members (excludes halogenated alkanes) is 1. The molecule has 0 amide bonds. The molecule has 0 bridgehead atoms. The Labute approximate surface area is 102 Å². The van der Waals surface area contributed by atoms with Crippen molar-refractivity contribution in [2.45, 2.75) is 40.0 Å². The first kappa shape index (κ1) is 14.8. The van der Waals surface area contributed by atoms with Crippen molar-refractivity contribution in [3.63, 3.8) is 0 Å². The van der Waals surface area contributed by atoms with Crippen LogP contribution in [0.2, 0.25) is 0 Å². The van der Waals surface area contributed by atoms with Crippen molar-refractivity contribution < 1.29 is 9.47 Å². The maximum Gasteiger partial charge on any atom is 0.284 e. The lowest BCUT2D eigenvalue weighted by Gasteiger charge is -2.13. The van der Waals surface area contributed by atoms with Crippen LogP contribution in [0.3, 0.4) is 0 Å². The third-order valence-electron chi connectivity index (χ3n) is 1.95. The third-order valence-corrected chi connectivity index (χ3v) is 2.95. The van der Waals surface area contributed by atoms with Crippen LogP contribution in [0.15, 0.2) is 11.5 Å². The smallest absolute Gasteiger partial charge is 0.284 e. The minimum atomic E-state index is 0.509. The quantitative estimate of drug-likeness (QED) is 0.400. The largest absolute Gasteiger partial charge is 0.465 e. The van der Waals surface area contributed by atoms with Crippen molar-refractivity contribution >= 4 is 28.4 Å². The molecular formula is C11H20O2S2. The van der Waals surface area contributed by atoms with E-state index < -0.39 is 0 Å². The van der Waals surface area contributed by atoms with Crippen LogP contribution in [0.4, 0.5) is 0 Å². The van der Waals surface area contributed by atoms with Gasteiger partial charge in [0.15, 0.2) is 0 Å². The van der Waals surface area contributed by atoms with Gasteiger partial charge in [0, 0.05) is 5.57 Å². The molecule has 0 aliphatic rings. The Morgan fingerprint density at radius 3 is 2.47 bits per heavy atom. The average molecular weight is 248 g/mol. The van der Waals surface area contributed by atoms with Crippen molar-refractivity contribution in [2.75, 3.05) is 12.9 Å². The van der Waals surface area contributed by atoms with E-state index in [1.165, 1.54) is 11.8 Å². The molecule has 0 aliphatic heterocycles. The molecule has 4 heteroatoms. The van der Waals surface area contributed by atoms with Crippen LogP contribution >= 0.6 is 24.0 Å². The predicted octanol–water partition coefficient (Wildman–Crippen LogP) is 4.11. The monoisotopic (exact) mass is 248 g/mol. The maximum absolute atomic E-state index is 5.56. The number of hydrogen-bond acceptors (Lipinski definition) is 4. The van der Waals surface area contributed by atoms with E-state index in [2.05, 4.69) is 13.8 Å². The molecule has 0 aromatic heterocycles. The van der Waals surface area contributed by atoms with E-state index in [1.54, 1.807) is 0 Å². The number of ether oxygens (including phenoxy) is 2. The van der Waals surface area contributed by atoms with Crippen LogP contribution in [0.25, 0.3) is 0 Å². The molecule has 0 aromatic rings. The fourth-order valence-corrected chi connectivity index (χ4v) is 1.05. The van der Waals surface area contributed by atoms with Crippen molar-refractivity contribution in [3.8, 4) is 0 Å². The first-order chi connectivity index (χ1) is 7.15. The molecule has 88 valence electrons. The molecule has 2 nitrogen and oxygen atoms in total. The standard InChI is InChI=1S/C11H20O2S2/c1-5-7-8-12-10(9(3)6-2)13-11(14)15-4/h5-8H2,1-4H3/b10-9+. The highest BCUT2D eigenvalue weighted by Crippen LogP contribution is 2.15. The summed E-state index contributed by atoms with van der Waals surface area (Å²) in [6.45, 7) is 6.90. The Hall–Kier alpha value is -0.220. The molecule has 0 saturated heterocycles. The molecule has 0 fully saturated rings. The number of rotatable bonds is 6. The Bertz CT molecular complexity index is 225. The van der Waals surface area contributed by atoms with Crippen molar-refractivity contribution in [1.82, 2.24) is 0 Å². The van der Waals surface area contributed by atoms with Gasteiger partial charge in [-0.15, -0.1) is 0 Å². The number of hydrogen-bond donors (Lipinski definition) is 0. The molecular weight excluding hydrogens is 228 g/mol. The second-order valence-corrected chi connectivity index (χ2v) is 4.59. The van der Waals surface area contributed by atoms with Gasteiger partial charge >= 0.3 is 0 Å². The van der Waals surface area contributed by atoms with E-state index in [0.29, 0.717) is 16.9 Å². The van der Waals surface area contributed by atoms with E-state index in [0.717, 1.165) is 24.8 Å². The van der Waals surface area contributed by atoms with Gasteiger partial charge in [0.25, 0.3) is 5.95 Å². The second-order valence-electron chi connectivity index (χ2n) is 3.18. The lowest BCUT2D eigenvalue weighted by atomic mass is 10.2. The van der Waals surface area contributed by atoms with Crippen molar-refractivity contribution in [3.05, 3.63) is 11.5 Å². The van der Waals surface area contributed by atoms with Gasteiger partial charge in [0.05, 0.1) is 6.61 Å². The number of allylic oxidation sites excluding steroid dienone is 1. The molecule has 0 aromatic carbocycles. The fraction of sp³-hybridized carbons (Fsp3) is 0.727. The molecule has 15 heavy (non-hydrogen) atoms. The van der Waals surface area contributed by atoms with Gasteiger partial charge in [-0.3, -0.25) is 0 Å². The summed E-state index contributed by atoms with van der Waals surface area (Å²) in [6, 6.07) is 0. The van der Waals surface area contributed by atoms with Gasteiger partial charge in [-0.05, 0) is 38.2 Å². The molecule has 0 unspecified atom stereocenters. The second kappa shape index (κ2) is 9.04. The van der Waals surface area contributed by atoms with Crippen molar-refractivity contribution in [1.29, 1.82) is 0 Å². The van der Waals surface area contributed by atoms with Crippen LogP contribution in [-0.2, 0) is 9.47 Å². The van der Waals surface area contributed by atoms with E-state index in [1.807, 2.05) is 13.2 Å². The minimum absolute atomic E-state index is 0.509. The van der Waals surface area contributed by atoms with E-state index in [4.69, 9.17) is 21.7 Å². The van der Waals surface area contributed by atoms with Gasteiger partial charge in [0.2, 0.25) is 4.38 Å². The van der Waals surface area contributed by atoms with Crippen molar-refractivity contribution in [2.24, 2.45) is 0 Å². The maximum atomic E-state index is 5.56. The molecule has 0 heterocycles. The Balaban J connectivity index is 4.26. The van der Waals surface area contributed by atoms with E-state index in [-0.39, 0.29) is 0 Å². The van der Waals surface area contributed by atoms with E-state index in [9.17, 15) is 0 Å². The summed E-state index contributed by atoms with van der Waals surface area (Å²) in [5.41, 5.74) is 1.10. The van der Waals surface area contributed by atoms with Gasteiger partial charge < -0.3 is 9.47 Å². The zero-order valence-corrected chi connectivity index (χ0v) is 11.6. The van der Waals surface area contributed by atoms with Crippen LogP contribution in [0, 0.1) is 0 Å². The predicted molar refractivity (Wildman–Crippen MR) is 71.0 cm³/mol. The molecule has 0 rings (SSSR count). The van der Waals surface area contributed by atoms with Crippen LogP contribution in [0.5, 0.6) is 0 Å². The van der Waals surface area contributed by atoms with Gasteiger partial charge in [-0.1, -0.05) is 32.0 Å². The van der Waals surface area contributed by atoms with Gasteiger partial charge in [-0.25, -0.2) is 0 Å². The lowest BCUT2D eigenvalue weighted by Crippen LogP contribution is -2.05. The van der Waals surface area contributed by atoms with Gasteiger partial charge in [-0.2, -0.15) is 0 Å². The van der Waals surface area contributed by atoms with Crippen LogP contribution < -0.4 is 0 Å². The summed E-state index contributed by atoms with van der Waals surface area (Å²) in [6.07, 6.45) is 4.97. The summed E-state index contributed by atoms with van der Waals surface area (Å²) in [7, 11) is 0.